The van der Waals surface area contributed by atoms with Gasteiger partial charge >= 0.3 is 0 Å². The number of thioether (sulfide) groups is 1. The Bertz CT molecular complexity index is 469. The van der Waals surface area contributed by atoms with Gasteiger partial charge in [-0.3, -0.25) is 0 Å². The standard InChI is InChI=1S/C14H16BrNO2S/c1-14(17)6-12(8-19-9-16)18-13(7-14)10-2-4-11(15)5-3-10/h2-5,12-13,17H,6-8H2,1H3/t12-,13+,14-/m0/s1. The maximum atomic E-state index is 10.3. The zero-order valence-electron chi connectivity index (χ0n) is 10.7. The Morgan fingerprint density at radius 3 is 2.79 bits per heavy atom. The van der Waals surface area contributed by atoms with E-state index < -0.39 is 5.60 Å². The molecular weight excluding hydrogens is 326 g/mol. The van der Waals surface area contributed by atoms with Crippen LogP contribution in [-0.4, -0.2) is 22.6 Å². The number of hydrogen-bond acceptors (Lipinski definition) is 4. The normalized spacial score (nSPS) is 30.8. The number of nitriles is 1. The van der Waals surface area contributed by atoms with E-state index in [-0.39, 0.29) is 12.2 Å². The summed E-state index contributed by atoms with van der Waals surface area (Å²) in [6.07, 6.45) is 0.972. The Hall–Kier alpha value is -0.540. The molecule has 1 aliphatic heterocycles. The number of halogens is 1. The molecule has 1 aromatic rings. The van der Waals surface area contributed by atoms with Gasteiger partial charge in [0.15, 0.2) is 0 Å². The van der Waals surface area contributed by atoms with Crippen LogP contribution in [0.2, 0.25) is 0 Å². The van der Waals surface area contributed by atoms with Crippen molar-refractivity contribution >= 4 is 27.7 Å². The Kier molecular flexibility index (Phi) is 4.91. The molecule has 0 aliphatic carbocycles. The molecule has 1 heterocycles. The number of thiocyanates is 1. The number of nitrogens with zero attached hydrogens (tertiary/aromatic N) is 1. The third kappa shape index (κ3) is 4.22. The highest BCUT2D eigenvalue weighted by molar-refractivity contribution is 9.10. The van der Waals surface area contributed by atoms with Crippen molar-refractivity contribution in [1.29, 1.82) is 5.26 Å². The van der Waals surface area contributed by atoms with Gasteiger partial charge in [-0.25, -0.2) is 0 Å². The molecule has 1 saturated heterocycles. The second-order valence-corrected chi connectivity index (χ2v) is 6.83. The first-order chi connectivity index (χ1) is 9.00. The third-order valence-electron chi connectivity index (χ3n) is 3.22. The first kappa shape index (κ1) is 14.9. The SMILES string of the molecule is C[C@]1(O)C[C@@H](CSC#N)O[C@@H](c2ccc(Br)cc2)C1. The third-order valence-corrected chi connectivity index (χ3v) is 4.42. The number of ether oxygens (including phenoxy) is 1. The van der Waals surface area contributed by atoms with Crippen LogP contribution in [0.4, 0.5) is 0 Å². The average Bonchev–Trinajstić information content (AvgIpc) is 2.35. The van der Waals surface area contributed by atoms with Gasteiger partial charge in [0.2, 0.25) is 0 Å². The molecule has 0 unspecified atom stereocenters. The molecule has 1 N–H and O–H groups in total. The summed E-state index contributed by atoms with van der Waals surface area (Å²) < 4.78 is 7.03. The molecule has 19 heavy (non-hydrogen) atoms. The Morgan fingerprint density at radius 1 is 1.47 bits per heavy atom. The van der Waals surface area contributed by atoms with Gasteiger partial charge in [-0.2, -0.15) is 5.26 Å². The Balaban J connectivity index is 2.11. The molecular formula is C14H16BrNO2S. The molecule has 102 valence electrons. The van der Waals surface area contributed by atoms with Gasteiger partial charge in [0.1, 0.15) is 5.40 Å². The van der Waals surface area contributed by atoms with Crippen LogP contribution in [0, 0.1) is 10.7 Å². The largest absolute Gasteiger partial charge is 0.390 e. The van der Waals surface area contributed by atoms with Gasteiger partial charge < -0.3 is 9.84 Å². The van der Waals surface area contributed by atoms with Crippen molar-refractivity contribution in [3.8, 4) is 5.40 Å². The molecule has 0 amide bonds. The zero-order chi connectivity index (χ0) is 13.9. The lowest BCUT2D eigenvalue weighted by Crippen LogP contribution is -2.40. The van der Waals surface area contributed by atoms with Crippen LogP contribution < -0.4 is 0 Å². The molecule has 0 aromatic heterocycles. The van der Waals surface area contributed by atoms with Crippen LogP contribution in [0.15, 0.2) is 28.7 Å². The van der Waals surface area contributed by atoms with Crippen molar-refractivity contribution in [2.45, 2.75) is 37.6 Å². The van der Waals surface area contributed by atoms with E-state index in [0.29, 0.717) is 18.6 Å². The molecule has 1 aromatic carbocycles. The minimum Gasteiger partial charge on any atom is -0.390 e. The van der Waals surface area contributed by atoms with Crippen LogP contribution in [0.1, 0.15) is 31.4 Å². The molecule has 5 heteroatoms. The maximum Gasteiger partial charge on any atom is 0.133 e. The zero-order valence-corrected chi connectivity index (χ0v) is 13.1. The molecule has 1 fully saturated rings. The predicted octanol–water partition coefficient (Wildman–Crippen LogP) is 3.63. The van der Waals surface area contributed by atoms with Crippen molar-refractivity contribution < 1.29 is 9.84 Å². The van der Waals surface area contributed by atoms with E-state index in [0.717, 1.165) is 10.0 Å². The van der Waals surface area contributed by atoms with Crippen LogP contribution >= 0.6 is 27.7 Å². The van der Waals surface area contributed by atoms with E-state index in [4.69, 9.17) is 10.00 Å². The van der Waals surface area contributed by atoms with Gasteiger partial charge in [0, 0.05) is 23.1 Å². The summed E-state index contributed by atoms with van der Waals surface area (Å²) in [5.41, 5.74) is 0.326. The summed E-state index contributed by atoms with van der Waals surface area (Å²) in [6, 6.07) is 7.96. The summed E-state index contributed by atoms with van der Waals surface area (Å²) in [5.74, 6) is 0.597. The van der Waals surface area contributed by atoms with Crippen LogP contribution in [0.3, 0.4) is 0 Å². The van der Waals surface area contributed by atoms with Gasteiger partial charge in [-0.05, 0) is 36.4 Å². The molecule has 0 spiro atoms. The molecule has 0 saturated carbocycles. The lowest BCUT2D eigenvalue weighted by molar-refractivity contribution is -0.130. The van der Waals surface area contributed by atoms with E-state index >= 15 is 0 Å². The minimum atomic E-state index is -0.739. The van der Waals surface area contributed by atoms with Crippen molar-refractivity contribution in [3.63, 3.8) is 0 Å². The van der Waals surface area contributed by atoms with Crippen LogP contribution in [-0.2, 0) is 4.74 Å². The van der Waals surface area contributed by atoms with E-state index in [9.17, 15) is 5.11 Å². The topological polar surface area (TPSA) is 53.2 Å². The van der Waals surface area contributed by atoms with Gasteiger partial charge in [-0.1, -0.05) is 28.1 Å². The molecule has 2 rings (SSSR count). The maximum absolute atomic E-state index is 10.3. The molecule has 0 radical (unpaired) electrons. The summed E-state index contributed by atoms with van der Waals surface area (Å²) in [4.78, 5) is 0. The minimum absolute atomic E-state index is 0.0814. The lowest BCUT2D eigenvalue weighted by atomic mass is 9.86. The quantitative estimate of drug-likeness (QED) is 0.853. The second kappa shape index (κ2) is 6.27. The van der Waals surface area contributed by atoms with Gasteiger partial charge in [-0.15, -0.1) is 0 Å². The van der Waals surface area contributed by atoms with Crippen LogP contribution in [0.5, 0.6) is 0 Å². The monoisotopic (exact) mass is 341 g/mol. The Morgan fingerprint density at radius 2 is 2.16 bits per heavy atom. The molecule has 3 atom stereocenters. The fourth-order valence-electron chi connectivity index (χ4n) is 2.40. The lowest BCUT2D eigenvalue weighted by Gasteiger charge is -2.39. The van der Waals surface area contributed by atoms with Gasteiger partial charge in [0.05, 0.1) is 17.8 Å². The van der Waals surface area contributed by atoms with E-state index in [1.807, 2.05) is 31.2 Å². The number of rotatable bonds is 3. The predicted molar refractivity (Wildman–Crippen MR) is 79.7 cm³/mol. The Labute approximate surface area is 126 Å². The second-order valence-electron chi connectivity index (χ2n) is 5.11. The van der Waals surface area contributed by atoms with E-state index in [1.165, 1.54) is 11.8 Å². The first-order valence-corrected chi connectivity index (χ1v) is 7.92. The van der Waals surface area contributed by atoms with E-state index in [1.54, 1.807) is 0 Å². The molecule has 3 nitrogen and oxygen atoms in total. The van der Waals surface area contributed by atoms with Crippen molar-refractivity contribution in [1.82, 2.24) is 0 Å². The highest BCUT2D eigenvalue weighted by Crippen LogP contribution is 2.38. The molecule has 1 aliphatic rings. The van der Waals surface area contributed by atoms with E-state index in [2.05, 4.69) is 21.3 Å². The average molecular weight is 342 g/mol. The fourth-order valence-corrected chi connectivity index (χ4v) is 3.13. The van der Waals surface area contributed by atoms with Crippen molar-refractivity contribution in [2.75, 3.05) is 5.75 Å². The van der Waals surface area contributed by atoms with Crippen LogP contribution in [0.25, 0.3) is 0 Å². The van der Waals surface area contributed by atoms with Crippen molar-refractivity contribution in [2.24, 2.45) is 0 Å². The summed E-state index contributed by atoms with van der Waals surface area (Å²) in [6.45, 7) is 1.84. The van der Waals surface area contributed by atoms with Gasteiger partial charge in [0.25, 0.3) is 0 Å². The number of hydrogen-bond donors (Lipinski definition) is 1. The highest BCUT2D eigenvalue weighted by atomic mass is 79.9. The summed E-state index contributed by atoms with van der Waals surface area (Å²) >= 11 is 4.59. The first-order valence-electron chi connectivity index (χ1n) is 6.14. The number of benzene rings is 1. The number of aliphatic hydroxyl groups is 1. The highest BCUT2D eigenvalue weighted by Gasteiger charge is 2.37. The fraction of sp³-hybridized carbons (Fsp3) is 0.500. The summed E-state index contributed by atoms with van der Waals surface area (Å²) in [5, 5.41) is 21.0. The summed E-state index contributed by atoms with van der Waals surface area (Å²) in [7, 11) is 0. The smallest absolute Gasteiger partial charge is 0.133 e. The molecule has 0 bridgehead atoms. The van der Waals surface area contributed by atoms with Crippen molar-refractivity contribution in [3.05, 3.63) is 34.3 Å².